The minimum absolute atomic E-state index is 0.863. The number of fused-ring (bicyclic) bond motifs is 2. The van der Waals surface area contributed by atoms with Crippen LogP contribution in [0.1, 0.15) is 0 Å². The average molecular weight is 792 g/mol. The second-order valence-corrected chi connectivity index (χ2v) is 15.7. The SMILES string of the molecule is c1ccc(-c2cc(-c3ccccc3)cc(N(c3ccc(-c4ccc(-c5cccc6ccccc56)cc4)cc3)c3ccc(-c4ccccc4-c4cc5ccccc5o4)cc3)c2)cc1. The third-order valence-electron chi connectivity index (χ3n) is 11.9. The quantitative estimate of drug-likeness (QED) is 0.145. The van der Waals surface area contributed by atoms with Gasteiger partial charge in [-0.25, -0.2) is 0 Å². The molecule has 0 aliphatic heterocycles. The zero-order valence-corrected chi connectivity index (χ0v) is 34.0. The van der Waals surface area contributed by atoms with Crippen LogP contribution in [0.15, 0.2) is 253 Å². The van der Waals surface area contributed by atoms with Gasteiger partial charge in [0.25, 0.3) is 0 Å². The summed E-state index contributed by atoms with van der Waals surface area (Å²) in [7, 11) is 0. The molecule has 0 bridgehead atoms. The van der Waals surface area contributed by atoms with Gasteiger partial charge in [-0.15, -0.1) is 0 Å². The third kappa shape index (κ3) is 7.14. The Morgan fingerprint density at radius 3 is 1.35 bits per heavy atom. The van der Waals surface area contributed by atoms with E-state index in [1.807, 2.05) is 12.1 Å². The van der Waals surface area contributed by atoms with Crippen molar-refractivity contribution < 1.29 is 4.42 Å². The number of hydrogen-bond donors (Lipinski definition) is 0. The maximum Gasteiger partial charge on any atom is 0.136 e. The zero-order chi connectivity index (χ0) is 41.2. The monoisotopic (exact) mass is 791 g/mol. The van der Waals surface area contributed by atoms with Gasteiger partial charge < -0.3 is 9.32 Å². The Labute approximate surface area is 362 Å². The summed E-state index contributed by atoms with van der Waals surface area (Å²) in [5.74, 6) is 0.863. The molecule has 0 unspecified atom stereocenters. The molecule has 0 N–H and O–H groups in total. The lowest BCUT2D eigenvalue weighted by Crippen LogP contribution is -2.10. The van der Waals surface area contributed by atoms with E-state index in [2.05, 4.69) is 241 Å². The molecule has 2 heteroatoms. The number of furan rings is 1. The Morgan fingerprint density at radius 1 is 0.258 bits per heavy atom. The van der Waals surface area contributed by atoms with Crippen molar-refractivity contribution in [3.05, 3.63) is 249 Å². The second kappa shape index (κ2) is 16.1. The van der Waals surface area contributed by atoms with Crippen LogP contribution >= 0.6 is 0 Å². The molecule has 0 aliphatic carbocycles. The van der Waals surface area contributed by atoms with Gasteiger partial charge in [0, 0.05) is 28.0 Å². The van der Waals surface area contributed by atoms with E-state index in [9.17, 15) is 0 Å². The summed E-state index contributed by atoms with van der Waals surface area (Å²) in [6.07, 6.45) is 0. The van der Waals surface area contributed by atoms with Gasteiger partial charge in [0.05, 0.1) is 0 Å². The van der Waals surface area contributed by atoms with Gasteiger partial charge in [0.2, 0.25) is 0 Å². The van der Waals surface area contributed by atoms with Crippen LogP contribution in [0, 0.1) is 0 Å². The highest BCUT2D eigenvalue weighted by atomic mass is 16.3. The highest BCUT2D eigenvalue weighted by Crippen LogP contribution is 2.42. The van der Waals surface area contributed by atoms with E-state index in [1.54, 1.807) is 0 Å². The highest BCUT2D eigenvalue weighted by Gasteiger charge is 2.18. The van der Waals surface area contributed by atoms with Crippen molar-refractivity contribution in [1.29, 1.82) is 0 Å². The van der Waals surface area contributed by atoms with Gasteiger partial charge >= 0.3 is 0 Å². The van der Waals surface area contributed by atoms with Gasteiger partial charge in [-0.1, -0.05) is 194 Å². The number of nitrogens with zero attached hydrogens (tertiary/aromatic N) is 1. The lowest BCUT2D eigenvalue weighted by atomic mass is 9.95. The molecule has 0 radical (unpaired) electrons. The molecule has 1 heterocycles. The van der Waals surface area contributed by atoms with Crippen molar-refractivity contribution in [3.63, 3.8) is 0 Å². The molecule has 10 aromatic carbocycles. The first-order valence-corrected chi connectivity index (χ1v) is 21.2. The average Bonchev–Trinajstić information content (AvgIpc) is 3.80. The zero-order valence-electron chi connectivity index (χ0n) is 34.0. The molecule has 292 valence electrons. The largest absolute Gasteiger partial charge is 0.456 e. The first kappa shape index (κ1) is 36.8. The van der Waals surface area contributed by atoms with E-state index in [0.717, 1.165) is 61.6 Å². The van der Waals surface area contributed by atoms with Crippen LogP contribution in [0.25, 0.3) is 88.7 Å². The van der Waals surface area contributed by atoms with Crippen molar-refractivity contribution in [2.75, 3.05) is 4.90 Å². The molecule has 0 saturated heterocycles. The minimum Gasteiger partial charge on any atom is -0.456 e. The normalized spacial score (nSPS) is 11.2. The second-order valence-electron chi connectivity index (χ2n) is 15.7. The maximum atomic E-state index is 6.36. The Kier molecular flexibility index (Phi) is 9.57. The van der Waals surface area contributed by atoms with Gasteiger partial charge in [-0.3, -0.25) is 0 Å². The topological polar surface area (TPSA) is 16.4 Å². The number of anilines is 3. The van der Waals surface area contributed by atoms with Gasteiger partial charge in [-0.05, 0) is 121 Å². The Balaban J connectivity index is 0.999. The van der Waals surface area contributed by atoms with Gasteiger partial charge in [0.15, 0.2) is 0 Å². The van der Waals surface area contributed by atoms with Crippen LogP contribution in [-0.4, -0.2) is 0 Å². The fourth-order valence-electron chi connectivity index (χ4n) is 8.76. The van der Waals surface area contributed by atoms with Crippen molar-refractivity contribution in [1.82, 2.24) is 0 Å². The highest BCUT2D eigenvalue weighted by molar-refractivity contribution is 5.97. The molecule has 1 aromatic heterocycles. The summed E-state index contributed by atoms with van der Waals surface area (Å²) in [5, 5.41) is 3.61. The van der Waals surface area contributed by atoms with E-state index in [-0.39, 0.29) is 0 Å². The van der Waals surface area contributed by atoms with Gasteiger partial charge in [-0.2, -0.15) is 0 Å². The predicted molar refractivity (Wildman–Crippen MR) is 261 cm³/mol. The summed E-state index contributed by atoms with van der Waals surface area (Å²) in [5.41, 5.74) is 16.9. The van der Waals surface area contributed by atoms with E-state index in [1.165, 1.54) is 44.2 Å². The standard InChI is InChI=1S/C60H41NO/c1-3-14-42(15-4-1)50-38-51(43-16-5-2-6-17-43)40-54(39-50)61(53-36-32-48(33-37-53)57-22-10-11-23-58(57)60-41-49-19-8-12-25-59(49)62-60)52-34-30-45(31-35-52)44-26-28-47(29-27-44)56-24-13-20-46-18-7-9-21-55(46)56/h1-41H. The number of benzene rings is 10. The van der Waals surface area contributed by atoms with E-state index >= 15 is 0 Å². The lowest BCUT2D eigenvalue weighted by Gasteiger charge is -2.27. The number of hydrogen-bond acceptors (Lipinski definition) is 2. The molecule has 11 rings (SSSR count). The van der Waals surface area contributed by atoms with Crippen LogP contribution in [0.4, 0.5) is 17.1 Å². The van der Waals surface area contributed by atoms with Crippen LogP contribution < -0.4 is 4.90 Å². The summed E-state index contributed by atoms with van der Waals surface area (Å²) in [4.78, 5) is 2.38. The molecule has 0 atom stereocenters. The fourth-order valence-corrected chi connectivity index (χ4v) is 8.76. The lowest BCUT2D eigenvalue weighted by molar-refractivity contribution is 0.632. The van der Waals surface area contributed by atoms with Gasteiger partial charge in [0.1, 0.15) is 11.3 Å². The van der Waals surface area contributed by atoms with Crippen LogP contribution in [0.5, 0.6) is 0 Å². The summed E-state index contributed by atoms with van der Waals surface area (Å²) >= 11 is 0. The van der Waals surface area contributed by atoms with Crippen LogP contribution in [0.2, 0.25) is 0 Å². The first-order chi connectivity index (χ1) is 30.7. The molecular weight excluding hydrogens is 751 g/mol. The van der Waals surface area contributed by atoms with Crippen molar-refractivity contribution in [3.8, 4) is 67.0 Å². The molecule has 0 spiro atoms. The Bertz CT molecular complexity index is 3210. The molecule has 0 saturated carbocycles. The number of rotatable bonds is 9. The smallest absolute Gasteiger partial charge is 0.136 e. The van der Waals surface area contributed by atoms with E-state index in [0.29, 0.717) is 0 Å². The predicted octanol–water partition coefficient (Wildman–Crippen LogP) is 17.1. The molecule has 62 heavy (non-hydrogen) atoms. The Hall–Kier alpha value is -8.20. The van der Waals surface area contributed by atoms with Crippen molar-refractivity contribution >= 4 is 38.8 Å². The minimum atomic E-state index is 0.863. The molecule has 0 fully saturated rings. The summed E-state index contributed by atoms with van der Waals surface area (Å²) < 4.78 is 6.36. The van der Waals surface area contributed by atoms with Crippen LogP contribution in [-0.2, 0) is 0 Å². The third-order valence-corrected chi connectivity index (χ3v) is 11.9. The molecule has 0 aliphatic rings. The molecule has 2 nitrogen and oxygen atoms in total. The molecule has 0 amide bonds. The molecule has 11 aromatic rings. The summed E-state index contributed by atoms with van der Waals surface area (Å²) in [6.45, 7) is 0. The molecular formula is C60H41NO. The number of para-hydroxylation sites is 1. The Morgan fingerprint density at radius 2 is 0.710 bits per heavy atom. The van der Waals surface area contributed by atoms with E-state index in [4.69, 9.17) is 4.42 Å². The fraction of sp³-hybridized carbons (Fsp3) is 0. The van der Waals surface area contributed by atoms with Crippen molar-refractivity contribution in [2.24, 2.45) is 0 Å². The van der Waals surface area contributed by atoms with Crippen LogP contribution in [0.3, 0.4) is 0 Å². The maximum absolute atomic E-state index is 6.36. The van der Waals surface area contributed by atoms with Crippen molar-refractivity contribution in [2.45, 2.75) is 0 Å². The summed E-state index contributed by atoms with van der Waals surface area (Å²) in [6, 6.07) is 89.1. The first-order valence-electron chi connectivity index (χ1n) is 21.2. The van der Waals surface area contributed by atoms with E-state index < -0.39 is 0 Å².